The Hall–Kier alpha value is -1.68. The van der Waals surface area contributed by atoms with Crippen LogP contribution >= 0.6 is 11.3 Å². The molecule has 0 saturated carbocycles. The summed E-state index contributed by atoms with van der Waals surface area (Å²) in [4.78, 5) is 31.2. The largest absolute Gasteiger partial charge is 0.490 e. The van der Waals surface area contributed by atoms with Gasteiger partial charge in [-0.1, -0.05) is 13.8 Å². The summed E-state index contributed by atoms with van der Waals surface area (Å²) >= 11 is 1.63. The maximum Gasteiger partial charge on any atom is 0.490 e. The number of hydrogen-bond acceptors (Lipinski definition) is 5. The van der Waals surface area contributed by atoms with Gasteiger partial charge in [-0.15, -0.1) is 11.3 Å². The van der Waals surface area contributed by atoms with E-state index in [1.165, 1.54) is 4.88 Å². The molecule has 1 aromatic heterocycles. The van der Waals surface area contributed by atoms with Gasteiger partial charge in [0.1, 0.15) is 0 Å². The summed E-state index contributed by atoms with van der Waals surface area (Å²) in [7, 11) is 0. The van der Waals surface area contributed by atoms with Crippen LogP contribution < -0.4 is 0 Å². The topological polar surface area (TPSA) is 73.7 Å². The van der Waals surface area contributed by atoms with Crippen LogP contribution in [0.25, 0.3) is 0 Å². The zero-order chi connectivity index (χ0) is 20.2. The summed E-state index contributed by atoms with van der Waals surface area (Å²) in [6.45, 7) is 9.41. The minimum Gasteiger partial charge on any atom is -0.475 e. The number of carboxylic acid groups (broad SMARTS) is 1. The predicted molar refractivity (Wildman–Crippen MR) is 94.2 cm³/mol. The molecule has 2 aliphatic rings. The molecule has 1 amide bonds. The zero-order valence-electron chi connectivity index (χ0n) is 15.3. The molecule has 27 heavy (non-hydrogen) atoms. The van der Waals surface area contributed by atoms with Gasteiger partial charge < -0.3 is 14.9 Å². The first-order chi connectivity index (χ1) is 12.5. The van der Waals surface area contributed by atoms with E-state index in [4.69, 9.17) is 9.90 Å². The molecule has 152 valence electrons. The summed E-state index contributed by atoms with van der Waals surface area (Å²) in [6, 6.07) is 0. The van der Waals surface area contributed by atoms with Crippen molar-refractivity contribution >= 4 is 23.2 Å². The number of alkyl halides is 3. The van der Waals surface area contributed by atoms with Gasteiger partial charge in [-0.2, -0.15) is 13.2 Å². The molecule has 1 unspecified atom stereocenters. The van der Waals surface area contributed by atoms with Crippen molar-refractivity contribution in [2.45, 2.75) is 39.4 Å². The second-order valence-corrected chi connectivity index (χ2v) is 8.42. The van der Waals surface area contributed by atoms with Gasteiger partial charge in [0.15, 0.2) is 0 Å². The van der Waals surface area contributed by atoms with Gasteiger partial charge >= 0.3 is 12.1 Å². The molecule has 6 nitrogen and oxygen atoms in total. The molecule has 2 fully saturated rings. The molecule has 1 spiro atoms. The molecule has 2 aliphatic heterocycles. The highest BCUT2D eigenvalue weighted by molar-refractivity contribution is 7.09. The minimum atomic E-state index is -5.08. The highest BCUT2D eigenvalue weighted by Crippen LogP contribution is 2.41. The molecule has 1 aromatic rings. The number of piperidine rings is 1. The Morgan fingerprint density at radius 1 is 1.41 bits per heavy atom. The van der Waals surface area contributed by atoms with Crippen molar-refractivity contribution in [3.8, 4) is 0 Å². The minimum absolute atomic E-state index is 0.0716. The van der Waals surface area contributed by atoms with Crippen molar-refractivity contribution in [1.82, 2.24) is 14.8 Å². The van der Waals surface area contributed by atoms with Gasteiger partial charge in [0, 0.05) is 30.7 Å². The first-order valence-electron chi connectivity index (χ1n) is 8.73. The summed E-state index contributed by atoms with van der Waals surface area (Å²) in [6.07, 6.45) is -0.985. The molecular formula is C17H24F3N3O3S. The Balaban J connectivity index is 0.000000321. The first kappa shape index (κ1) is 21.6. The van der Waals surface area contributed by atoms with Crippen molar-refractivity contribution < 1.29 is 27.9 Å². The fraction of sp³-hybridized carbons (Fsp3) is 0.706. The number of thiazole rings is 1. The van der Waals surface area contributed by atoms with Crippen LogP contribution in [0.4, 0.5) is 13.2 Å². The molecule has 0 aromatic carbocycles. The number of carbonyl (C=O) groups excluding carboxylic acids is 1. The van der Waals surface area contributed by atoms with E-state index in [-0.39, 0.29) is 5.41 Å². The molecule has 3 heterocycles. The Bertz CT molecular complexity index is 652. The summed E-state index contributed by atoms with van der Waals surface area (Å²) < 4.78 is 31.7. The lowest BCUT2D eigenvalue weighted by Crippen LogP contribution is -2.66. The van der Waals surface area contributed by atoms with Crippen LogP contribution in [0.3, 0.4) is 0 Å². The van der Waals surface area contributed by atoms with Crippen LogP contribution in [0.5, 0.6) is 0 Å². The Morgan fingerprint density at radius 3 is 2.56 bits per heavy atom. The van der Waals surface area contributed by atoms with Crippen molar-refractivity contribution in [3.63, 3.8) is 0 Å². The number of likely N-dealkylation sites (tertiary alicyclic amines) is 2. The third-order valence-electron chi connectivity index (χ3n) is 4.59. The van der Waals surface area contributed by atoms with Gasteiger partial charge in [0.25, 0.3) is 0 Å². The van der Waals surface area contributed by atoms with E-state index in [1.807, 2.05) is 16.6 Å². The van der Waals surface area contributed by atoms with Crippen molar-refractivity contribution in [2.75, 3.05) is 26.2 Å². The van der Waals surface area contributed by atoms with Crippen molar-refractivity contribution in [2.24, 2.45) is 11.3 Å². The quantitative estimate of drug-likeness (QED) is 0.777. The number of aromatic nitrogens is 1. The average molecular weight is 407 g/mol. The lowest BCUT2D eigenvalue weighted by atomic mass is 9.72. The third kappa shape index (κ3) is 5.65. The lowest BCUT2D eigenvalue weighted by Gasteiger charge is -2.53. The molecular weight excluding hydrogens is 383 g/mol. The number of amides is 1. The van der Waals surface area contributed by atoms with Crippen LogP contribution in [-0.2, 0) is 16.1 Å². The zero-order valence-corrected chi connectivity index (χ0v) is 16.1. The van der Waals surface area contributed by atoms with Gasteiger partial charge in [-0.05, 0) is 25.3 Å². The van der Waals surface area contributed by atoms with Crippen LogP contribution in [0, 0.1) is 11.3 Å². The molecule has 0 bridgehead atoms. The fourth-order valence-electron chi connectivity index (χ4n) is 3.59. The second-order valence-electron chi connectivity index (χ2n) is 7.44. The Kier molecular flexibility index (Phi) is 6.85. The third-order valence-corrected chi connectivity index (χ3v) is 5.35. The first-order valence-corrected chi connectivity index (χ1v) is 9.61. The van der Waals surface area contributed by atoms with E-state index in [9.17, 15) is 18.0 Å². The van der Waals surface area contributed by atoms with E-state index in [0.29, 0.717) is 11.8 Å². The number of β-lactam (4-membered cyclic amide) rings is 1. The molecule has 10 heteroatoms. The second kappa shape index (κ2) is 8.55. The number of aliphatic carboxylic acids is 1. The number of hydrogen-bond donors (Lipinski definition) is 1. The Labute approximate surface area is 160 Å². The van der Waals surface area contributed by atoms with E-state index in [0.717, 1.165) is 45.6 Å². The summed E-state index contributed by atoms with van der Waals surface area (Å²) in [5, 5.41) is 7.12. The average Bonchev–Trinajstić information content (AvgIpc) is 3.07. The molecule has 3 rings (SSSR count). The van der Waals surface area contributed by atoms with E-state index < -0.39 is 12.1 Å². The van der Waals surface area contributed by atoms with Crippen LogP contribution in [0.1, 0.15) is 31.6 Å². The number of nitrogens with zero attached hydrogens (tertiary/aromatic N) is 3. The monoisotopic (exact) mass is 407 g/mol. The van der Waals surface area contributed by atoms with Gasteiger partial charge in [-0.25, -0.2) is 4.79 Å². The maximum absolute atomic E-state index is 12.6. The molecule has 1 atom stereocenters. The van der Waals surface area contributed by atoms with E-state index in [2.05, 4.69) is 23.7 Å². The standard InChI is InChI=1S/C15H23N3OS.C2HF3O2/c1-12(2)7-17-5-3-4-15(9-17)10-18(14(15)19)8-13-6-16-11-20-13;3-2(4,5)1(6)7/h6,11-12H,3-5,7-10H2,1-2H3;(H,6,7). The number of halogens is 3. The lowest BCUT2D eigenvalue weighted by molar-refractivity contribution is -0.192. The molecule has 2 saturated heterocycles. The van der Waals surface area contributed by atoms with Crippen LogP contribution in [-0.4, -0.2) is 64.1 Å². The molecule has 0 radical (unpaired) electrons. The van der Waals surface area contributed by atoms with Crippen LogP contribution in [0.2, 0.25) is 0 Å². The predicted octanol–water partition coefficient (Wildman–Crippen LogP) is 2.86. The molecule has 1 N–H and O–H groups in total. The summed E-state index contributed by atoms with van der Waals surface area (Å²) in [5.74, 6) is -1.72. The van der Waals surface area contributed by atoms with Crippen LogP contribution in [0.15, 0.2) is 11.7 Å². The van der Waals surface area contributed by atoms with Gasteiger partial charge in [0.05, 0.1) is 17.5 Å². The highest BCUT2D eigenvalue weighted by Gasteiger charge is 2.53. The number of carbonyl (C=O) groups is 2. The van der Waals surface area contributed by atoms with E-state index >= 15 is 0 Å². The normalized spacial score (nSPS) is 23.2. The van der Waals surface area contributed by atoms with E-state index in [1.54, 1.807) is 11.3 Å². The maximum atomic E-state index is 12.6. The Morgan fingerprint density at radius 2 is 2.07 bits per heavy atom. The van der Waals surface area contributed by atoms with Gasteiger partial charge in [0.2, 0.25) is 5.91 Å². The highest BCUT2D eigenvalue weighted by atomic mass is 32.1. The SMILES string of the molecule is CC(C)CN1CCCC2(C1)CN(Cc1cncs1)C2=O.O=C(O)C(F)(F)F. The number of carboxylic acids is 1. The fourth-order valence-corrected chi connectivity index (χ4v) is 4.20. The molecule has 0 aliphatic carbocycles. The van der Waals surface area contributed by atoms with Crippen molar-refractivity contribution in [3.05, 3.63) is 16.6 Å². The number of rotatable bonds is 4. The van der Waals surface area contributed by atoms with Crippen molar-refractivity contribution in [1.29, 1.82) is 0 Å². The smallest absolute Gasteiger partial charge is 0.475 e. The summed E-state index contributed by atoms with van der Waals surface area (Å²) in [5.41, 5.74) is 1.76. The van der Waals surface area contributed by atoms with Gasteiger partial charge in [-0.3, -0.25) is 9.78 Å².